The molecule has 5 nitrogen and oxygen atoms in total. The van der Waals surface area contributed by atoms with Gasteiger partial charge >= 0.3 is 5.69 Å². The Morgan fingerprint density at radius 1 is 1.10 bits per heavy atom. The number of thiophene rings is 2. The van der Waals surface area contributed by atoms with E-state index in [1.807, 2.05) is 17.5 Å². The van der Waals surface area contributed by atoms with Crippen molar-refractivity contribution in [2.75, 3.05) is 0 Å². The molecule has 8 heteroatoms. The molecule has 0 spiro atoms. The van der Waals surface area contributed by atoms with Gasteiger partial charge < -0.3 is 0 Å². The molecule has 5 aromatic rings. The molecule has 1 aliphatic rings. The summed E-state index contributed by atoms with van der Waals surface area (Å²) in [6.45, 7) is 0.172. The number of halogens is 1. The lowest BCUT2D eigenvalue weighted by Gasteiger charge is -2.11. The first kappa shape index (κ1) is 18.0. The SMILES string of the molecule is O=c1n(Cc2ccccc2F)c2sc3c(c2c2nc(-c4cccs4)nn12)CCCC3. The van der Waals surface area contributed by atoms with Crippen molar-refractivity contribution in [3.63, 3.8) is 0 Å². The lowest BCUT2D eigenvalue weighted by Crippen LogP contribution is -2.28. The first-order chi connectivity index (χ1) is 14.7. The molecule has 1 aromatic carbocycles. The summed E-state index contributed by atoms with van der Waals surface area (Å²) >= 11 is 3.20. The lowest BCUT2D eigenvalue weighted by molar-refractivity contribution is 0.595. The highest BCUT2D eigenvalue weighted by Gasteiger charge is 2.25. The molecule has 4 heterocycles. The number of nitrogens with zero attached hydrogens (tertiary/aromatic N) is 4. The second-order valence-electron chi connectivity index (χ2n) is 7.50. The van der Waals surface area contributed by atoms with Crippen molar-refractivity contribution in [3.05, 3.63) is 74.1 Å². The van der Waals surface area contributed by atoms with Crippen molar-refractivity contribution < 1.29 is 4.39 Å². The van der Waals surface area contributed by atoms with Crippen molar-refractivity contribution in [2.45, 2.75) is 32.2 Å². The Hall–Kier alpha value is -2.84. The van der Waals surface area contributed by atoms with Gasteiger partial charge in [0.25, 0.3) is 0 Å². The van der Waals surface area contributed by atoms with Crippen molar-refractivity contribution >= 4 is 38.5 Å². The number of hydrogen-bond acceptors (Lipinski definition) is 5. The third-order valence-corrected chi connectivity index (χ3v) is 7.85. The molecule has 0 unspecified atom stereocenters. The normalized spacial score (nSPS) is 13.9. The zero-order chi connectivity index (χ0) is 20.2. The van der Waals surface area contributed by atoms with Crippen LogP contribution in [0.3, 0.4) is 0 Å². The predicted molar refractivity (Wildman–Crippen MR) is 118 cm³/mol. The fraction of sp³-hybridized carbons (Fsp3) is 0.227. The van der Waals surface area contributed by atoms with E-state index in [-0.39, 0.29) is 18.1 Å². The van der Waals surface area contributed by atoms with Gasteiger partial charge in [-0.25, -0.2) is 14.2 Å². The second-order valence-corrected chi connectivity index (χ2v) is 9.53. The Balaban J connectivity index is 1.68. The van der Waals surface area contributed by atoms with Gasteiger partial charge in [0.05, 0.1) is 16.8 Å². The van der Waals surface area contributed by atoms with E-state index < -0.39 is 0 Å². The summed E-state index contributed by atoms with van der Waals surface area (Å²) in [5.41, 5.74) is 2.10. The van der Waals surface area contributed by atoms with E-state index in [9.17, 15) is 9.18 Å². The zero-order valence-electron chi connectivity index (χ0n) is 16.0. The number of benzene rings is 1. The van der Waals surface area contributed by atoms with Crippen LogP contribution in [0.1, 0.15) is 28.8 Å². The summed E-state index contributed by atoms with van der Waals surface area (Å²) in [5, 5.41) is 7.52. The Morgan fingerprint density at radius 3 is 2.80 bits per heavy atom. The largest absolute Gasteiger partial charge is 0.352 e. The zero-order valence-corrected chi connectivity index (χ0v) is 17.6. The highest BCUT2D eigenvalue weighted by atomic mass is 32.1. The number of hydrogen-bond donors (Lipinski definition) is 0. The Morgan fingerprint density at radius 2 is 1.97 bits per heavy atom. The third kappa shape index (κ3) is 2.67. The molecule has 0 atom stereocenters. The average molecular weight is 437 g/mol. The van der Waals surface area contributed by atoms with Gasteiger partial charge in [-0.15, -0.1) is 27.8 Å². The molecule has 0 fully saturated rings. The maximum Gasteiger partial charge on any atom is 0.352 e. The van der Waals surface area contributed by atoms with Crippen LogP contribution >= 0.6 is 22.7 Å². The summed E-state index contributed by atoms with van der Waals surface area (Å²) in [4.78, 5) is 21.3. The third-order valence-electron chi connectivity index (χ3n) is 5.67. The van der Waals surface area contributed by atoms with E-state index in [4.69, 9.17) is 4.98 Å². The minimum absolute atomic E-state index is 0.172. The smallest absolute Gasteiger partial charge is 0.278 e. The van der Waals surface area contributed by atoms with Crippen LogP contribution < -0.4 is 5.69 Å². The van der Waals surface area contributed by atoms with Crippen molar-refractivity contribution in [3.8, 4) is 10.7 Å². The van der Waals surface area contributed by atoms with Gasteiger partial charge in [0.2, 0.25) is 0 Å². The van der Waals surface area contributed by atoms with Gasteiger partial charge in [-0.3, -0.25) is 4.57 Å². The summed E-state index contributed by atoms with van der Waals surface area (Å²) in [6, 6.07) is 10.5. The molecule has 30 heavy (non-hydrogen) atoms. The van der Waals surface area contributed by atoms with E-state index in [1.54, 1.807) is 45.4 Å². The maximum atomic E-state index is 14.4. The number of aromatic nitrogens is 4. The first-order valence-electron chi connectivity index (χ1n) is 9.92. The van der Waals surface area contributed by atoms with E-state index >= 15 is 0 Å². The molecule has 1 aliphatic carbocycles. The fourth-order valence-corrected chi connectivity index (χ4v) is 6.26. The number of fused-ring (bicyclic) bond motifs is 5. The van der Waals surface area contributed by atoms with Crippen LogP contribution in [-0.2, 0) is 19.4 Å². The van der Waals surface area contributed by atoms with Crippen LogP contribution in [0.5, 0.6) is 0 Å². The van der Waals surface area contributed by atoms with Crippen LogP contribution in [0.2, 0.25) is 0 Å². The minimum atomic E-state index is -0.308. The van der Waals surface area contributed by atoms with Crippen LogP contribution in [-0.4, -0.2) is 19.2 Å². The van der Waals surface area contributed by atoms with E-state index in [0.717, 1.165) is 40.8 Å². The average Bonchev–Trinajstić information content (AvgIpc) is 3.49. The molecule has 0 bridgehead atoms. The van der Waals surface area contributed by atoms with Crippen molar-refractivity contribution in [1.29, 1.82) is 0 Å². The van der Waals surface area contributed by atoms with Crippen molar-refractivity contribution in [2.24, 2.45) is 0 Å². The van der Waals surface area contributed by atoms with Crippen LogP contribution in [0.25, 0.3) is 26.6 Å². The molecule has 4 aromatic heterocycles. The van der Waals surface area contributed by atoms with E-state index in [0.29, 0.717) is 17.0 Å². The highest BCUT2D eigenvalue weighted by Crippen LogP contribution is 2.38. The quantitative estimate of drug-likeness (QED) is 0.404. The molecular weight excluding hydrogens is 419 g/mol. The van der Waals surface area contributed by atoms with Gasteiger partial charge in [-0.1, -0.05) is 24.3 Å². The van der Waals surface area contributed by atoms with Crippen LogP contribution in [0.4, 0.5) is 4.39 Å². The number of rotatable bonds is 3. The summed E-state index contributed by atoms with van der Waals surface area (Å²) in [7, 11) is 0. The molecule has 0 N–H and O–H groups in total. The fourth-order valence-electron chi connectivity index (χ4n) is 4.23. The second kappa shape index (κ2) is 6.85. The molecule has 150 valence electrons. The Labute approximate surface area is 179 Å². The Bertz CT molecular complexity index is 1460. The molecule has 0 saturated heterocycles. The van der Waals surface area contributed by atoms with E-state index in [2.05, 4.69) is 5.10 Å². The minimum Gasteiger partial charge on any atom is -0.278 e. The van der Waals surface area contributed by atoms with Gasteiger partial charge in [0.1, 0.15) is 10.6 Å². The van der Waals surface area contributed by atoms with Crippen LogP contribution in [0, 0.1) is 5.82 Å². The highest BCUT2D eigenvalue weighted by molar-refractivity contribution is 7.19. The molecular formula is C22H17FN4OS2. The van der Waals surface area contributed by atoms with E-state index in [1.165, 1.54) is 21.0 Å². The van der Waals surface area contributed by atoms with Gasteiger partial charge in [-0.05, 0) is 48.8 Å². The first-order valence-corrected chi connectivity index (χ1v) is 11.6. The van der Waals surface area contributed by atoms with Gasteiger partial charge in [-0.2, -0.15) is 4.52 Å². The molecule has 0 radical (unpaired) electrons. The topological polar surface area (TPSA) is 52.2 Å². The van der Waals surface area contributed by atoms with Crippen LogP contribution in [0.15, 0.2) is 46.6 Å². The summed E-state index contributed by atoms with van der Waals surface area (Å²) in [6.07, 6.45) is 4.27. The lowest BCUT2D eigenvalue weighted by atomic mass is 9.97. The predicted octanol–water partition coefficient (Wildman–Crippen LogP) is 4.90. The van der Waals surface area contributed by atoms with Gasteiger partial charge in [0, 0.05) is 10.4 Å². The molecule has 0 amide bonds. The number of aryl methyl sites for hydroxylation is 2. The van der Waals surface area contributed by atoms with Gasteiger partial charge in [0.15, 0.2) is 11.5 Å². The molecule has 6 rings (SSSR count). The summed E-state index contributed by atoms with van der Waals surface area (Å²) in [5.74, 6) is 0.250. The standard InChI is InChI=1S/C22H17FN4OS2/c23-15-8-3-1-6-13(15)12-26-21-18(14-7-2-4-9-16(14)30-21)20-24-19(17-10-5-11-29-17)25-27(20)22(26)28/h1,3,5-6,8,10-11H,2,4,7,9,12H2. The molecule has 0 aliphatic heterocycles. The molecule has 0 saturated carbocycles. The Kier molecular flexibility index (Phi) is 4.10. The monoisotopic (exact) mass is 436 g/mol. The summed E-state index contributed by atoms with van der Waals surface area (Å²) < 4.78 is 17.5. The van der Waals surface area contributed by atoms with Crippen molar-refractivity contribution in [1.82, 2.24) is 19.2 Å². The maximum absolute atomic E-state index is 14.4.